The first kappa shape index (κ1) is 22.0. The molecule has 2 aromatic rings. The van der Waals surface area contributed by atoms with Crippen molar-refractivity contribution < 1.29 is 13.2 Å². The van der Waals surface area contributed by atoms with Gasteiger partial charge < -0.3 is 9.64 Å². The molecule has 2 aliphatic heterocycles. The Morgan fingerprint density at radius 2 is 1.94 bits per heavy atom. The summed E-state index contributed by atoms with van der Waals surface area (Å²) in [6, 6.07) is 9.74. The lowest BCUT2D eigenvalue weighted by molar-refractivity contribution is 0.181. The smallest absolute Gasteiger partial charge is 0.239 e. The van der Waals surface area contributed by atoms with E-state index >= 15 is 0 Å². The zero-order chi connectivity index (χ0) is 22.2. The van der Waals surface area contributed by atoms with Gasteiger partial charge in [-0.15, -0.1) is 0 Å². The lowest BCUT2D eigenvalue weighted by Crippen LogP contribution is -2.48. The zero-order valence-corrected chi connectivity index (χ0v) is 19.7. The van der Waals surface area contributed by atoms with Gasteiger partial charge in [0.1, 0.15) is 11.6 Å². The SMILES string of the molecule is COCc1cc(N2CCCC(S(=O)(=O)N3CCc4ccccc43)C2)nc(C(C)(C)C)n1. The van der Waals surface area contributed by atoms with Gasteiger partial charge in [-0.3, -0.25) is 4.31 Å². The molecule has 3 heterocycles. The van der Waals surface area contributed by atoms with Crippen LogP contribution in [0.3, 0.4) is 0 Å². The minimum atomic E-state index is -3.45. The molecular weight excluding hydrogens is 412 g/mol. The van der Waals surface area contributed by atoms with Crippen LogP contribution in [0.1, 0.15) is 50.7 Å². The number of rotatable bonds is 5. The Kier molecular flexibility index (Phi) is 5.96. The molecule has 4 rings (SSSR count). The zero-order valence-electron chi connectivity index (χ0n) is 18.8. The Morgan fingerprint density at radius 3 is 2.68 bits per heavy atom. The molecule has 2 aliphatic rings. The maximum atomic E-state index is 13.6. The minimum absolute atomic E-state index is 0.209. The van der Waals surface area contributed by atoms with E-state index in [1.807, 2.05) is 30.3 Å². The highest BCUT2D eigenvalue weighted by Gasteiger charge is 2.38. The van der Waals surface area contributed by atoms with Crippen LogP contribution < -0.4 is 9.21 Å². The van der Waals surface area contributed by atoms with Crippen molar-refractivity contribution in [2.24, 2.45) is 0 Å². The van der Waals surface area contributed by atoms with Crippen LogP contribution in [-0.4, -0.2) is 50.4 Å². The third kappa shape index (κ3) is 4.41. The Labute approximate surface area is 185 Å². The summed E-state index contributed by atoms with van der Waals surface area (Å²) in [7, 11) is -1.80. The molecule has 1 atom stereocenters. The fourth-order valence-corrected chi connectivity index (χ4v) is 6.33. The number of para-hydroxylation sites is 1. The summed E-state index contributed by atoms with van der Waals surface area (Å²) in [6.07, 6.45) is 2.25. The highest BCUT2D eigenvalue weighted by Crippen LogP contribution is 2.34. The van der Waals surface area contributed by atoms with Crippen molar-refractivity contribution in [1.82, 2.24) is 9.97 Å². The van der Waals surface area contributed by atoms with E-state index in [1.165, 1.54) is 0 Å². The van der Waals surface area contributed by atoms with Crippen molar-refractivity contribution in [1.29, 1.82) is 0 Å². The molecule has 1 aromatic carbocycles. The molecule has 7 nitrogen and oxygen atoms in total. The van der Waals surface area contributed by atoms with Gasteiger partial charge in [-0.25, -0.2) is 18.4 Å². The highest BCUT2D eigenvalue weighted by molar-refractivity contribution is 7.93. The molecule has 168 valence electrons. The molecule has 1 aromatic heterocycles. The summed E-state index contributed by atoms with van der Waals surface area (Å²) >= 11 is 0. The van der Waals surface area contributed by atoms with Crippen LogP contribution >= 0.6 is 0 Å². The van der Waals surface area contributed by atoms with Gasteiger partial charge in [0.2, 0.25) is 10.0 Å². The van der Waals surface area contributed by atoms with Gasteiger partial charge in [0.05, 0.1) is 23.2 Å². The van der Waals surface area contributed by atoms with E-state index in [4.69, 9.17) is 9.72 Å². The Bertz CT molecular complexity index is 1050. The third-order valence-electron chi connectivity index (χ3n) is 6.00. The number of sulfonamides is 1. The predicted octanol–water partition coefficient (Wildman–Crippen LogP) is 3.28. The third-order valence-corrected chi connectivity index (χ3v) is 8.22. The lowest BCUT2D eigenvalue weighted by atomic mass is 9.95. The Morgan fingerprint density at radius 1 is 1.16 bits per heavy atom. The number of ether oxygens (including phenoxy) is 1. The molecule has 0 amide bonds. The molecule has 8 heteroatoms. The van der Waals surface area contributed by atoms with E-state index in [0.29, 0.717) is 26.1 Å². The standard InChI is InChI=1S/C23H32N4O3S/c1-23(2,3)22-24-18(16-30-4)14-21(25-22)26-12-7-9-19(15-26)31(28,29)27-13-11-17-8-5-6-10-20(17)27/h5-6,8,10,14,19H,7,9,11-13,15-16H2,1-4H3. The topological polar surface area (TPSA) is 75.6 Å². The molecule has 0 spiro atoms. The van der Waals surface area contributed by atoms with E-state index in [-0.39, 0.29) is 5.41 Å². The van der Waals surface area contributed by atoms with Crippen molar-refractivity contribution in [3.05, 3.63) is 47.4 Å². The Balaban J connectivity index is 1.61. The van der Waals surface area contributed by atoms with Crippen molar-refractivity contribution in [3.8, 4) is 0 Å². The minimum Gasteiger partial charge on any atom is -0.378 e. The van der Waals surface area contributed by atoms with Crippen molar-refractivity contribution in [2.75, 3.05) is 35.9 Å². The molecule has 0 N–H and O–H groups in total. The first-order chi connectivity index (χ1) is 14.7. The van der Waals surface area contributed by atoms with Crippen LogP contribution in [-0.2, 0) is 33.2 Å². The molecule has 0 saturated carbocycles. The van der Waals surface area contributed by atoms with Gasteiger partial charge in [0.25, 0.3) is 0 Å². The number of nitrogens with zero attached hydrogens (tertiary/aromatic N) is 4. The normalized spacial score (nSPS) is 19.5. The number of aromatic nitrogens is 2. The second-order valence-corrected chi connectivity index (χ2v) is 11.6. The summed E-state index contributed by atoms with van der Waals surface area (Å²) in [5, 5.41) is -0.452. The van der Waals surface area contributed by atoms with Gasteiger partial charge in [0.15, 0.2) is 0 Å². The van der Waals surface area contributed by atoms with E-state index < -0.39 is 15.3 Å². The average Bonchev–Trinajstić information content (AvgIpc) is 3.18. The van der Waals surface area contributed by atoms with Crippen LogP contribution in [0.5, 0.6) is 0 Å². The number of benzene rings is 1. The number of hydrogen-bond donors (Lipinski definition) is 0. The summed E-state index contributed by atoms with van der Waals surface area (Å²) in [4.78, 5) is 11.6. The number of anilines is 2. The van der Waals surface area contributed by atoms with Crippen LogP contribution in [0.25, 0.3) is 0 Å². The molecule has 1 saturated heterocycles. The molecule has 1 fully saturated rings. The van der Waals surface area contributed by atoms with Gasteiger partial charge in [0, 0.05) is 38.2 Å². The van der Waals surface area contributed by atoms with Crippen LogP contribution in [0, 0.1) is 0 Å². The van der Waals surface area contributed by atoms with Gasteiger partial charge in [-0.05, 0) is 30.9 Å². The number of hydrogen-bond acceptors (Lipinski definition) is 6. The number of methoxy groups -OCH3 is 1. The predicted molar refractivity (Wildman–Crippen MR) is 123 cm³/mol. The van der Waals surface area contributed by atoms with Crippen molar-refractivity contribution >= 4 is 21.5 Å². The second kappa shape index (κ2) is 8.39. The van der Waals surface area contributed by atoms with Gasteiger partial charge >= 0.3 is 0 Å². The quantitative estimate of drug-likeness (QED) is 0.705. The average molecular weight is 445 g/mol. The number of fused-ring (bicyclic) bond motifs is 1. The molecule has 0 radical (unpaired) electrons. The van der Waals surface area contributed by atoms with E-state index in [1.54, 1.807) is 11.4 Å². The van der Waals surface area contributed by atoms with Crippen LogP contribution in [0.15, 0.2) is 30.3 Å². The summed E-state index contributed by atoms with van der Waals surface area (Å²) in [5.41, 5.74) is 2.54. The fraction of sp³-hybridized carbons (Fsp3) is 0.565. The van der Waals surface area contributed by atoms with Gasteiger partial charge in [-0.1, -0.05) is 39.0 Å². The molecule has 0 bridgehead atoms. The molecule has 1 unspecified atom stereocenters. The summed E-state index contributed by atoms with van der Waals surface area (Å²) in [5.74, 6) is 1.53. The second-order valence-electron chi connectivity index (χ2n) is 9.43. The maximum Gasteiger partial charge on any atom is 0.239 e. The lowest BCUT2D eigenvalue weighted by Gasteiger charge is -2.36. The van der Waals surface area contributed by atoms with E-state index in [0.717, 1.165) is 48.0 Å². The first-order valence-electron chi connectivity index (χ1n) is 10.9. The van der Waals surface area contributed by atoms with Gasteiger partial charge in [-0.2, -0.15) is 0 Å². The van der Waals surface area contributed by atoms with E-state index in [9.17, 15) is 8.42 Å². The maximum absolute atomic E-state index is 13.6. The molecule has 0 aliphatic carbocycles. The van der Waals surface area contributed by atoms with Crippen LogP contribution in [0.2, 0.25) is 0 Å². The molecule has 31 heavy (non-hydrogen) atoms. The number of piperidine rings is 1. The summed E-state index contributed by atoms with van der Waals surface area (Å²) < 4.78 is 34.1. The summed E-state index contributed by atoms with van der Waals surface area (Å²) in [6.45, 7) is 8.39. The molecular formula is C23H32N4O3S. The Hall–Kier alpha value is -2.19. The van der Waals surface area contributed by atoms with Crippen LogP contribution in [0.4, 0.5) is 11.5 Å². The first-order valence-corrected chi connectivity index (χ1v) is 12.4. The van der Waals surface area contributed by atoms with E-state index in [2.05, 4.69) is 30.7 Å². The fourth-order valence-electron chi connectivity index (χ4n) is 4.34. The monoisotopic (exact) mass is 444 g/mol. The van der Waals surface area contributed by atoms with Crippen molar-refractivity contribution in [2.45, 2.75) is 57.3 Å². The largest absolute Gasteiger partial charge is 0.378 e. The van der Waals surface area contributed by atoms with Crippen molar-refractivity contribution in [3.63, 3.8) is 0 Å². The highest BCUT2D eigenvalue weighted by atomic mass is 32.2.